The Hall–Kier alpha value is -1.92. The van der Waals surface area contributed by atoms with Crippen molar-refractivity contribution < 1.29 is 0 Å². The van der Waals surface area contributed by atoms with Gasteiger partial charge in [0.15, 0.2) is 11.8 Å². The van der Waals surface area contributed by atoms with Gasteiger partial charge in [0.25, 0.3) is 0 Å². The predicted octanol–water partition coefficient (Wildman–Crippen LogP) is 2.36. The molecule has 0 aliphatic carbocycles. The summed E-state index contributed by atoms with van der Waals surface area (Å²) in [4.78, 5) is 10.6. The van der Waals surface area contributed by atoms with Gasteiger partial charge in [-0.05, 0) is 18.2 Å². The third kappa shape index (κ3) is 2.07. The van der Waals surface area contributed by atoms with Crippen LogP contribution in [0, 0.1) is 0 Å². The van der Waals surface area contributed by atoms with E-state index in [0.29, 0.717) is 11.8 Å². The van der Waals surface area contributed by atoms with Gasteiger partial charge in [-0.25, -0.2) is 4.98 Å². The number of fused-ring (bicyclic) bond motifs is 1. The Bertz CT molecular complexity index is 698. The van der Waals surface area contributed by atoms with E-state index in [1.54, 1.807) is 4.90 Å². The zero-order chi connectivity index (χ0) is 14.3. The highest BCUT2D eigenvalue weighted by molar-refractivity contribution is 9.10. The standard InChI is InChI=1S/C14H14BrN5/c1-20-12(16)9-6-7-11(18-13(9)19-14(20)17)8-4-2-3-5-10(8)15/h2-7,12H,16H2,1H3,(H2,17,18,19). The second-order valence-electron chi connectivity index (χ2n) is 4.61. The topological polar surface area (TPSA) is 80.5 Å². The molecule has 2 heterocycles. The number of guanidine groups is 1. The number of rotatable bonds is 1. The Morgan fingerprint density at radius 2 is 1.95 bits per heavy atom. The minimum atomic E-state index is -0.316. The van der Waals surface area contributed by atoms with Crippen LogP contribution in [-0.4, -0.2) is 22.9 Å². The summed E-state index contributed by atoms with van der Waals surface area (Å²) in [5.41, 5.74) is 14.7. The van der Waals surface area contributed by atoms with Crippen LogP contribution in [0.25, 0.3) is 11.3 Å². The van der Waals surface area contributed by atoms with E-state index in [1.165, 1.54) is 0 Å². The van der Waals surface area contributed by atoms with Crippen molar-refractivity contribution in [1.29, 1.82) is 0 Å². The lowest BCUT2D eigenvalue weighted by Crippen LogP contribution is -2.43. The molecule has 0 bridgehead atoms. The maximum atomic E-state index is 6.11. The monoisotopic (exact) mass is 331 g/mol. The molecule has 4 N–H and O–H groups in total. The molecule has 5 nitrogen and oxygen atoms in total. The summed E-state index contributed by atoms with van der Waals surface area (Å²) in [6, 6.07) is 11.8. The number of hydrogen-bond donors (Lipinski definition) is 2. The Balaban J connectivity index is 2.13. The molecule has 6 heteroatoms. The van der Waals surface area contributed by atoms with Crippen molar-refractivity contribution in [3.8, 4) is 11.3 Å². The summed E-state index contributed by atoms with van der Waals surface area (Å²) < 4.78 is 0.988. The molecule has 0 fully saturated rings. The highest BCUT2D eigenvalue weighted by atomic mass is 79.9. The number of hydrogen-bond acceptors (Lipinski definition) is 5. The van der Waals surface area contributed by atoms with Gasteiger partial charge >= 0.3 is 0 Å². The van der Waals surface area contributed by atoms with Crippen molar-refractivity contribution in [2.45, 2.75) is 6.17 Å². The summed E-state index contributed by atoms with van der Waals surface area (Å²) in [6.07, 6.45) is -0.316. The van der Waals surface area contributed by atoms with Crippen LogP contribution in [0.5, 0.6) is 0 Å². The number of benzene rings is 1. The minimum absolute atomic E-state index is 0.316. The van der Waals surface area contributed by atoms with Crippen LogP contribution < -0.4 is 11.5 Å². The normalized spacial score (nSPS) is 17.6. The summed E-state index contributed by atoms with van der Waals surface area (Å²) in [6.45, 7) is 0. The molecule has 1 atom stereocenters. The first kappa shape index (κ1) is 13.1. The highest BCUT2D eigenvalue weighted by Gasteiger charge is 2.24. The molecule has 102 valence electrons. The lowest BCUT2D eigenvalue weighted by Gasteiger charge is -2.30. The van der Waals surface area contributed by atoms with Crippen molar-refractivity contribution in [2.24, 2.45) is 16.5 Å². The molecule has 0 saturated carbocycles. The molecule has 20 heavy (non-hydrogen) atoms. The van der Waals surface area contributed by atoms with Crippen LogP contribution in [0.1, 0.15) is 11.7 Å². The zero-order valence-corrected chi connectivity index (χ0v) is 12.5. The van der Waals surface area contributed by atoms with Gasteiger partial charge in [0, 0.05) is 22.6 Å². The highest BCUT2D eigenvalue weighted by Crippen LogP contribution is 2.33. The number of aromatic nitrogens is 1. The number of nitrogens with two attached hydrogens (primary N) is 2. The number of pyridine rings is 1. The van der Waals surface area contributed by atoms with Crippen molar-refractivity contribution in [3.63, 3.8) is 0 Å². The number of halogens is 1. The summed E-state index contributed by atoms with van der Waals surface area (Å²) in [7, 11) is 1.81. The second-order valence-corrected chi connectivity index (χ2v) is 5.47. The average molecular weight is 332 g/mol. The molecule has 1 aromatic heterocycles. The first-order valence-corrected chi connectivity index (χ1v) is 6.95. The minimum Gasteiger partial charge on any atom is -0.369 e. The zero-order valence-electron chi connectivity index (χ0n) is 10.9. The summed E-state index contributed by atoms with van der Waals surface area (Å²) >= 11 is 3.53. The molecular weight excluding hydrogens is 318 g/mol. The molecule has 1 aliphatic heterocycles. The fourth-order valence-corrected chi connectivity index (χ4v) is 2.62. The fourth-order valence-electron chi connectivity index (χ4n) is 2.14. The first-order valence-electron chi connectivity index (χ1n) is 6.16. The van der Waals surface area contributed by atoms with Crippen molar-refractivity contribution in [3.05, 3.63) is 46.4 Å². The van der Waals surface area contributed by atoms with Crippen LogP contribution in [0.15, 0.2) is 45.9 Å². The molecule has 1 unspecified atom stereocenters. The second kappa shape index (κ2) is 4.88. The van der Waals surface area contributed by atoms with E-state index in [-0.39, 0.29) is 6.17 Å². The predicted molar refractivity (Wildman–Crippen MR) is 83.3 cm³/mol. The van der Waals surface area contributed by atoms with E-state index < -0.39 is 0 Å². The van der Waals surface area contributed by atoms with Crippen LogP contribution in [0.3, 0.4) is 0 Å². The van der Waals surface area contributed by atoms with Crippen LogP contribution in [-0.2, 0) is 0 Å². The largest absolute Gasteiger partial charge is 0.369 e. The molecule has 0 saturated heterocycles. The van der Waals surface area contributed by atoms with Crippen molar-refractivity contribution in [2.75, 3.05) is 7.05 Å². The van der Waals surface area contributed by atoms with E-state index in [2.05, 4.69) is 25.9 Å². The third-order valence-corrected chi connectivity index (χ3v) is 4.06. The molecule has 0 amide bonds. The Morgan fingerprint density at radius 1 is 1.20 bits per heavy atom. The lowest BCUT2D eigenvalue weighted by atomic mass is 10.1. The van der Waals surface area contributed by atoms with E-state index >= 15 is 0 Å². The lowest BCUT2D eigenvalue weighted by molar-refractivity contribution is 0.374. The third-order valence-electron chi connectivity index (χ3n) is 3.37. The molecule has 0 spiro atoms. The molecule has 0 radical (unpaired) electrons. The van der Waals surface area contributed by atoms with Gasteiger partial charge in [-0.3, -0.25) is 0 Å². The first-order chi connectivity index (χ1) is 9.58. The molecule has 2 aromatic rings. The number of nitrogens with zero attached hydrogens (tertiary/aromatic N) is 3. The summed E-state index contributed by atoms with van der Waals surface area (Å²) in [5.74, 6) is 0.961. The van der Waals surface area contributed by atoms with Gasteiger partial charge in [0.05, 0.1) is 5.69 Å². The Morgan fingerprint density at radius 3 is 2.70 bits per heavy atom. The van der Waals surface area contributed by atoms with Crippen LogP contribution in [0.4, 0.5) is 5.82 Å². The van der Waals surface area contributed by atoms with E-state index in [1.807, 2.05) is 43.4 Å². The molecule has 1 aromatic carbocycles. The van der Waals surface area contributed by atoms with E-state index in [4.69, 9.17) is 11.5 Å². The van der Waals surface area contributed by atoms with Crippen LogP contribution in [0.2, 0.25) is 0 Å². The maximum absolute atomic E-state index is 6.11. The van der Waals surface area contributed by atoms with Gasteiger partial charge < -0.3 is 16.4 Å². The molecule has 3 rings (SSSR count). The van der Waals surface area contributed by atoms with E-state index in [9.17, 15) is 0 Å². The average Bonchev–Trinajstić information content (AvgIpc) is 2.45. The Labute approximate surface area is 125 Å². The maximum Gasteiger partial charge on any atom is 0.199 e. The smallest absolute Gasteiger partial charge is 0.199 e. The van der Waals surface area contributed by atoms with Crippen molar-refractivity contribution >= 4 is 27.7 Å². The van der Waals surface area contributed by atoms with Gasteiger partial charge in [0.1, 0.15) is 6.17 Å². The van der Waals surface area contributed by atoms with Crippen molar-refractivity contribution in [1.82, 2.24) is 9.88 Å². The van der Waals surface area contributed by atoms with Crippen LogP contribution >= 0.6 is 15.9 Å². The quantitative estimate of drug-likeness (QED) is 0.840. The SMILES string of the molecule is CN1C(N)=Nc2nc(-c3ccccc3Br)ccc2C1N. The fraction of sp³-hybridized carbons (Fsp3) is 0.143. The van der Waals surface area contributed by atoms with E-state index in [0.717, 1.165) is 21.3 Å². The van der Waals surface area contributed by atoms with Gasteiger partial charge in [0.2, 0.25) is 0 Å². The Kier molecular flexibility index (Phi) is 3.19. The summed E-state index contributed by atoms with van der Waals surface area (Å²) in [5, 5.41) is 0. The van der Waals surface area contributed by atoms with Gasteiger partial charge in [-0.2, -0.15) is 4.99 Å². The van der Waals surface area contributed by atoms with Gasteiger partial charge in [-0.1, -0.05) is 34.1 Å². The molecule has 1 aliphatic rings. The molecular formula is C14H14BrN5. The number of aliphatic imine (C=N–C) groups is 1. The van der Waals surface area contributed by atoms with Gasteiger partial charge in [-0.15, -0.1) is 0 Å².